The zero-order chi connectivity index (χ0) is 14.4. The number of hydrogen-bond donors (Lipinski definition) is 3. The summed E-state index contributed by atoms with van der Waals surface area (Å²) in [5, 5.41) is 9.84. The average molecular weight is 275 g/mol. The van der Waals surface area contributed by atoms with Gasteiger partial charge in [0.1, 0.15) is 11.6 Å². The minimum absolute atomic E-state index is 0.177. The smallest absolute Gasteiger partial charge is 0.241 e. The molecule has 1 aromatic heterocycles. The molecule has 1 amide bonds. The number of pyridine rings is 1. The fourth-order valence-electron chi connectivity index (χ4n) is 1.63. The Morgan fingerprint density at radius 1 is 1.30 bits per heavy atom. The Labute approximate surface area is 115 Å². The minimum atomic E-state index is -1.06. The van der Waals surface area contributed by atoms with E-state index in [1.54, 1.807) is 30.5 Å². The van der Waals surface area contributed by atoms with Gasteiger partial charge in [0.25, 0.3) is 0 Å². The quantitative estimate of drug-likeness (QED) is 0.727. The summed E-state index contributed by atoms with van der Waals surface area (Å²) in [4.78, 5) is 15.6. The third-order valence-corrected chi connectivity index (χ3v) is 2.61. The van der Waals surface area contributed by atoms with Crippen molar-refractivity contribution in [3.8, 4) is 0 Å². The Balaban J connectivity index is 1.85. The molecule has 0 spiro atoms. The number of carbonyl (C=O) groups excluding carboxylic acids is 1. The highest BCUT2D eigenvalue weighted by molar-refractivity contribution is 5.77. The molecule has 0 aliphatic rings. The van der Waals surface area contributed by atoms with Crippen LogP contribution in [-0.4, -0.2) is 16.0 Å². The molecule has 5 nitrogen and oxygen atoms in total. The number of amides is 1. The molecule has 0 bridgehead atoms. The fraction of sp³-hybridized carbons (Fsp3) is 0.143. The Bertz CT molecular complexity index is 578. The first-order chi connectivity index (χ1) is 9.65. The summed E-state index contributed by atoms with van der Waals surface area (Å²) in [7, 11) is 0. The molecule has 6 heteroatoms. The summed E-state index contributed by atoms with van der Waals surface area (Å²) in [5.41, 5.74) is 5.39. The molecule has 1 atom stereocenters. The van der Waals surface area contributed by atoms with Gasteiger partial charge in [-0.3, -0.25) is 15.6 Å². The lowest BCUT2D eigenvalue weighted by Crippen LogP contribution is -2.30. The molecule has 0 fully saturated rings. The number of benzene rings is 1. The third-order valence-electron chi connectivity index (χ3n) is 2.61. The third kappa shape index (κ3) is 4.03. The highest BCUT2D eigenvalue weighted by atomic mass is 19.1. The zero-order valence-corrected chi connectivity index (χ0v) is 10.6. The predicted octanol–water partition coefficient (Wildman–Crippen LogP) is 1.79. The lowest BCUT2D eigenvalue weighted by molar-refractivity contribution is -0.122. The number of hydrogen-bond acceptors (Lipinski definition) is 4. The van der Waals surface area contributed by atoms with E-state index >= 15 is 0 Å². The summed E-state index contributed by atoms with van der Waals surface area (Å²) >= 11 is 0. The zero-order valence-electron chi connectivity index (χ0n) is 10.6. The van der Waals surface area contributed by atoms with Gasteiger partial charge in [-0.05, 0) is 29.8 Å². The molecular formula is C14H14FN3O2. The van der Waals surface area contributed by atoms with Crippen LogP contribution >= 0.6 is 0 Å². The van der Waals surface area contributed by atoms with Crippen LogP contribution in [0.15, 0.2) is 48.7 Å². The minimum Gasteiger partial charge on any atom is -0.388 e. The van der Waals surface area contributed by atoms with Crippen LogP contribution in [0.3, 0.4) is 0 Å². The largest absolute Gasteiger partial charge is 0.388 e. The van der Waals surface area contributed by atoms with Crippen LogP contribution in [0, 0.1) is 5.82 Å². The van der Waals surface area contributed by atoms with E-state index in [1.807, 2.05) is 0 Å². The van der Waals surface area contributed by atoms with Crippen molar-refractivity contribution in [3.63, 3.8) is 0 Å². The van der Waals surface area contributed by atoms with Crippen LogP contribution in [0.5, 0.6) is 0 Å². The summed E-state index contributed by atoms with van der Waals surface area (Å²) < 4.78 is 13.0. The Morgan fingerprint density at radius 2 is 2.15 bits per heavy atom. The number of aliphatic hydroxyl groups excluding tert-OH is 1. The van der Waals surface area contributed by atoms with Crippen LogP contribution in [0.25, 0.3) is 0 Å². The van der Waals surface area contributed by atoms with E-state index in [0.29, 0.717) is 11.4 Å². The van der Waals surface area contributed by atoms with Crippen LogP contribution in [0.2, 0.25) is 0 Å². The summed E-state index contributed by atoms with van der Waals surface area (Å²) in [6.45, 7) is 0. The van der Waals surface area contributed by atoms with E-state index in [0.717, 1.165) is 0 Å². The van der Waals surface area contributed by atoms with Gasteiger partial charge in [-0.1, -0.05) is 18.2 Å². The molecule has 1 heterocycles. The van der Waals surface area contributed by atoms with Crippen LogP contribution < -0.4 is 10.9 Å². The van der Waals surface area contributed by atoms with Gasteiger partial charge in [0, 0.05) is 6.20 Å². The van der Waals surface area contributed by atoms with Crippen molar-refractivity contribution in [2.75, 3.05) is 5.43 Å². The van der Waals surface area contributed by atoms with Crippen LogP contribution in [-0.2, 0) is 4.79 Å². The van der Waals surface area contributed by atoms with Gasteiger partial charge in [-0.15, -0.1) is 0 Å². The van der Waals surface area contributed by atoms with Gasteiger partial charge >= 0.3 is 0 Å². The molecule has 2 rings (SSSR count). The average Bonchev–Trinajstić information content (AvgIpc) is 2.46. The second-order valence-electron chi connectivity index (χ2n) is 4.16. The van der Waals surface area contributed by atoms with E-state index in [4.69, 9.17) is 0 Å². The highest BCUT2D eigenvalue weighted by Gasteiger charge is 2.13. The molecule has 1 aromatic carbocycles. The predicted molar refractivity (Wildman–Crippen MR) is 72.0 cm³/mol. The Kier molecular flexibility index (Phi) is 4.62. The Morgan fingerprint density at radius 3 is 2.85 bits per heavy atom. The molecule has 20 heavy (non-hydrogen) atoms. The normalized spacial score (nSPS) is 11.7. The van der Waals surface area contributed by atoms with Crippen molar-refractivity contribution in [1.29, 1.82) is 0 Å². The van der Waals surface area contributed by atoms with Gasteiger partial charge in [0.15, 0.2) is 0 Å². The first-order valence-corrected chi connectivity index (χ1v) is 6.04. The number of carbonyl (C=O) groups is 1. The van der Waals surface area contributed by atoms with Crippen molar-refractivity contribution in [2.45, 2.75) is 12.5 Å². The van der Waals surface area contributed by atoms with Crippen molar-refractivity contribution in [3.05, 3.63) is 60.0 Å². The second kappa shape index (κ2) is 6.63. The molecule has 2 aromatic rings. The monoisotopic (exact) mass is 275 g/mol. The van der Waals surface area contributed by atoms with Gasteiger partial charge in [0.05, 0.1) is 12.5 Å². The van der Waals surface area contributed by atoms with Crippen LogP contribution in [0.1, 0.15) is 18.1 Å². The lowest BCUT2D eigenvalue weighted by Gasteiger charge is -2.12. The lowest BCUT2D eigenvalue weighted by atomic mass is 10.1. The summed E-state index contributed by atoms with van der Waals surface area (Å²) in [6.07, 6.45) is 0.343. The number of aliphatic hydroxyl groups is 1. The molecule has 104 valence electrons. The van der Waals surface area contributed by atoms with E-state index in [1.165, 1.54) is 18.2 Å². The number of rotatable bonds is 5. The van der Waals surface area contributed by atoms with E-state index in [2.05, 4.69) is 15.8 Å². The maximum absolute atomic E-state index is 13.0. The van der Waals surface area contributed by atoms with Crippen LogP contribution in [0.4, 0.5) is 10.2 Å². The number of nitrogens with zero attached hydrogens (tertiary/aromatic N) is 1. The van der Waals surface area contributed by atoms with Crippen molar-refractivity contribution in [2.24, 2.45) is 0 Å². The van der Waals surface area contributed by atoms with Gasteiger partial charge < -0.3 is 5.11 Å². The maximum atomic E-state index is 13.0. The first kappa shape index (κ1) is 14.0. The second-order valence-corrected chi connectivity index (χ2v) is 4.16. The summed E-state index contributed by atoms with van der Waals surface area (Å²) in [6, 6.07) is 10.7. The molecule has 0 aliphatic heterocycles. The topological polar surface area (TPSA) is 74.2 Å². The molecule has 1 unspecified atom stereocenters. The molecule has 0 saturated carbocycles. The van der Waals surface area contributed by atoms with Crippen molar-refractivity contribution < 1.29 is 14.3 Å². The van der Waals surface area contributed by atoms with Gasteiger partial charge in [-0.2, -0.15) is 0 Å². The number of anilines is 1. The SMILES string of the molecule is O=C(CC(O)c1cccc(F)c1)NNc1ccccn1. The van der Waals surface area contributed by atoms with Crippen molar-refractivity contribution in [1.82, 2.24) is 10.4 Å². The Hall–Kier alpha value is -2.47. The molecule has 3 N–H and O–H groups in total. The fourth-order valence-corrected chi connectivity index (χ4v) is 1.63. The number of halogens is 1. The molecule has 0 aliphatic carbocycles. The number of aromatic nitrogens is 1. The number of nitrogens with one attached hydrogen (secondary N) is 2. The van der Waals surface area contributed by atoms with Gasteiger partial charge in [0.2, 0.25) is 5.91 Å². The standard InChI is InChI=1S/C14H14FN3O2/c15-11-5-3-4-10(8-11)12(19)9-14(20)18-17-13-6-1-2-7-16-13/h1-8,12,19H,9H2,(H,16,17)(H,18,20). The van der Waals surface area contributed by atoms with E-state index < -0.39 is 17.8 Å². The first-order valence-electron chi connectivity index (χ1n) is 6.04. The molecule has 0 saturated heterocycles. The molecule has 0 radical (unpaired) electrons. The van der Waals surface area contributed by atoms with Gasteiger partial charge in [-0.25, -0.2) is 9.37 Å². The highest BCUT2D eigenvalue weighted by Crippen LogP contribution is 2.17. The summed E-state index contributed by atoms with van der Waals surface area (Å²) in [5.74, 6) is -0.387. The maximum Gasteiger partial charge on any atom is 0.241 e. The number of hydrazine groups is 1. The molecular weight excluding hydrogens is 261 g/mol. The van der Waals surface area contributed by atoms with E-state index in [9.17, 15) is 14.3 Å². The van der Waals surface area contributed by atoms with E-state index in [-0.39, 0.29) is 6.42 Å². The van der Waals surface area contributed by atoms with Crippen molar-refractivity contribution >= 4 is 11.7 Å².